The van der Waals surface area contributed by atoms with Crippen LogP contribution in [0.4, 0.5) is 5.82 Å². The number of hydrogen-bond acceptors (Lipinski definition) is 4. The van der Waals surface area contributed by atoms with Crippen molar-refractivity contribution in [3.05, 3.63) is 6.20 Å². The van der Waals surface area contributed by atoms with Gasteiger partial charge >= 0.3 is 0 Å². The summed E-state index contributed by atoms with van der Waals surface area (Å²) < 4.78 is 1.72. The zero-order chi connectivity index (χ0) is 8.27. The van der Waals surface area contributed by atoms with Crippen LogP contribution in [0.2, 0.25) is 0 Å². The van der Waals surface area contributed by atoms with Crippen molar-refractivity contribution in [1.82, 2.24) is 20.3 Å². The average molecular weight is 155 g/mol. The van der Waals surface area contributed by atoms with Crippen LogP contribution >= 0.6 is 0 Å². The van der Waals surface area contributed by atoms with Crippen LogP contribution < -0.4 is 11.1 Å². The van der Waals surface area contributed by atoms with Crippen molar-refractivity contribution < 1.29 is 0 Å². The first-order valence-electron chi connectivity index (χ1n) is 3.55. The Morgan fingerprint density at radius 1 is 1.82 bits per heavy atom. The van der Waals surface area contributed by atoms with Crippen LogP contribution in [0.1, 0.15) is 6.92 Å². The van der Waals surface area contributed by atoms with E-state index in [1.165, 1.54) is 0 Å². The Kier molecular flexibility index (Phi) is 2.43. The molecule has 0 bridgehead atoms. The quantitative estimate of drug-likeness (QED) is 0.615. The molecule has 1 atom stereocenters. The van der Waals surface area contributed by atoms with Crippen molar-refractivity contribution in [2.75, 3.05) is 12.8 Å². The van der Waals surface area contributed by atoms with Crippen molar-refractivity contribution in [2.24, 2.45) is 0 Å². The maximum absolute atomic E-state index is 5.38. The van der Waals surface area contributed by atoms with Gasteiger partial charge in [-0.1, -0.05) is 5.21 Å². The van der Waals surface area contributed by atoms with Gasteiger partial charge in [-0.05, 0) is 14.0 Å². The predicted molar refractivity (Wildman–Crippen MR) is 43.0 cm³/mol. The molecule has 0 aliphatic rings. The molecule has 1 rings (SSSR count). The Hall–Kier alpha value is -1.10. The molecule has 62 valence electrons. The minimum Gasteiger partial charge on any atom is -0.381 e. The molecule has 0 aromatic carbocycles. The van der Waals surface area contributed by atoms with Crippen LogP contribution in [-0.4, -0.2) is 28.1 Å². The Balaban J connectivity index is 2.50. The second kappa shape index (κ2) is 3.34. The first-order valence-corrected chi connectivity index (χ1v) is 3.55. The molecule has 0 aliphatic carbocycles. The number of rotatable bonds is 3. The van der Waals surface area contributed by atoms with E-state index in [-0.39, 0.29) is 0 Å². The summed E-state index contributed by atoms with van der Waals surface area (Å²) in [6.07, 6.45) is 1.72. The van der Waals surface area contributed by atoms with E-state index in [1.54, 1.807) is 10.9 Å². The summed E-state index contributed by atoms with van der Waals surface area (Å²) in [6.45, 7) is 2.86. The first kappa shape index (κ1) is 8.00. The summed E-state index contributed by atoms with van der Waals surface area (Å²) in [7, 11) is 1.91. The summed E-state index contributed by atoms with van der Waals surface area (Å²) >= 11 is 0. The van der Waals surface area contributed by atoms with Gasteiger partial charge in [0.2, 0.25) is 0 Å². The summed E-state index contributed by atoms with van der Waals surface area (Å²) in [4.78, 5) is 0. The number of nitrogens with two attached hydrogens (primary N) is 1. The summed E-state index contributed by atoms with van der Waals surface area (Å²) in [6, 6.07) is 0.385. The standard InChI is InChI=1S/C6H13N5/c1-5(8-2)3-11-4-6(7)9-10-11/h4-5,8H,3,7H2,1-2H3. The van der Waals surface area contributed by atoms with E-state index >= 15 is 0 Å². The third kappa shape index (κ3) is 2.19. The van der Waals surface area contributed by atoms with Gasteiger partial charge in [0.05, 0.1) is 12.7 Å². The predicted octanol–water partition coefficient (Wildman–Crippen LogP) is -0.532. The van der Waals surface area contributed by atoms with E-state index in [9.17, 15) is 0 Å². The zero-order valence-electron chi connectivity index (χ0n) is 6.78. The van der Waals surface area contributed by atoms with Gasteiger partial charge in [-0.15, -0.1) is 5.10 Å². The zero-order valence-corrected chi connectivity index (χ0v) is 6.78. The Morgan fingerprint density at radius 3 is 3.00 bits per heavy atom. The van der Waals surface area contributed by atoms with Gasteiger partial charge in [-0.3, -0.25) is 0 Å². The van der Waals surface area contributed by atoms with Gasteiger partial charge in [0.1, 0.15) is 0 Å². The minimum absolute atomic E-state index is 0.385. The second-order valence-electron chi connectivity index (χ2n) is 2.56. The van der Waals surface area contributed by atoms with Crippen molar-refractivity contribution in [2.45, 2.75) is 19.5 Å². The largest absolute Gasteiger partial charge is 0.381 e. The SMILES string of the molecule is CNC(C)Cn1cc(N)nn1. The molecule has 1 heterocycles. The Morgan fingerprint density at radius 2 is 2.55 bits per heavy atom. The van der Waals surface area contributed by atoms with E-state index < -0.39 is 0 Å². The van der Waals surface area contributed by atoms with E-state index in [0.717, 1.165) is 6.54 Å². The molecule has 0 saturated carbocycles. The monoisotopic (exact) mass is 155 g/mol. The van der Waals surface area contributed by atoms with E-state index in [4.69, 9.17) is 5.73 Å². The van der Waals surface area contributed by atoms with Crippen LogP contribution in [-0.2, 0) is 6.54 Å². The molecule has 11 heavy (non-hydrogen) atoms. The van der Waals surface area contributed by atoms with E-state index in [2.05, 4.69) is 22.6 Å². The summed E-state index contributed by atoms with van der Waals surface area (Å²) in [5.41, 5.74) is 5.38. The smallest absolute Gasteiger partial charge is 0.165 e. The molecule has 0 saturated heterocycles. The molecule has 0 spiro atoms. The highest BCUT2D eigenvalue weighted by molar-refractivity contribution is 5.19. The number of aromatic nitrogens is 3. The molecular formula is C6H13N5. The van der Waals surface area contributed by atoms with E-state index in [0.29, 0.717) is 11.9 Å². The van der Waals surface area contributed by atoms with Gasteiger partial charge < -0.3 is 11.1 Å². The normalized spacial score (nSPS) is 13.3. The van der Waals surface area contributed by atoms with Gasteiger partial charge in [0.25, 0.3) is 0 Å². The van der Waals surface area contributed by atoms with Crippen molar-refractivity contribution in [3.63, 3.8) is 0 Å². The molecule has 0 radical (unpaired) electrons. The van der Waals surface area contributed by atoms with Gasteiger partial charge in [-0.25, -0.2) is 4.68 Å². The van der Waals surface area contributed by atoms with Crippen LogP contribution in [0.3, 0.4) is 0 Å². The maximum Gasteiger partial charge on any atom is 0.165 e. The molecule has 1 aromatic heterocycles. The van der Waals surface area contributed by atoms with Gasteiger partial charge in [0, 0.05) is 6.04 Å². The lowest BCUT2D eigenvalue weighted by molar-refractivity contribution is 0.471. The third-order valence-electron chi connectivity index (χ3n) is 1.51. The number of hydrogen-bond donors (Lipinski definition) is 2. The van der Waals surface area contributed by atoms with Crippen molar-refractivity contribution >= 4 is 5.82 Å². The number of nitrogen functional groups attached to an aromatic ring is 1. The number of nitrogens with zero attached hydrogens (tertiary/aromatic N) is 3. The second-order valence-corrected chi connectivity index (χ2v) is 2.56. The fraction of sp³-hybridized carbons (Fsp3) is 0.667. The van der Waals surface area contributed by atoms with Crippen LogP contribution in [0.5, 0.6) is 0 Å². The third-order valence-corrected chi connectivity index (χ3v) is 1.51. The van der Waals surface area contributed by atoms with Gasteiger partial charge in [-0.2, -0.15) is 0 Å². The highest BCUT2D eigenvalue weighted by Crippen LogP contribution is 1.93. The summed E-state index contributed by atoms with van der Waals surface area (Å²) in [5.74, 6) is 0.466. The molecule has 3 N–H and O–H groups in total. The number of nitrogens with one attached hydrogen (secondary N) is 1. The van der Waals surface area contributed by atoms with Crippen molar-refractivity contribution in [1.29, 1.82) is 0 Å². The molecule has 5 heteroatoms. The fourth-order valence-corrected chi connectivity index (χ4v) is 0.774. The molecule has 1 unspecified atom stereocenters. The molecule has 5 nitrogen and oxygen atoms in total. The Labute approximate surface area is 65.6 Å². The molecular weight excluding hydrogens is 142 g/mol. The number of anilines is 1. The van der Waals surface area contributed by atoms with E-state index in [1.807, 2.05) is 7.05 Å². The van der Waals surface area contributed by atoms with Gasteiger partial charge in [0.15, 0.2) is 5.82 Å². The van der Waals surface area contributed by atoms with Crippen LogP contribution in [0.25, 0.3) is 0 Å². The lowest BCUT2D eigenvalue weighted by Crippen LogP contribution is -2.26. The molecule has 0 amide bonds. The topological polar surface area (TPSA) is 68.8 Å². The highest BCUT2D eigenvalue weighted by Gasteiger charge is 2.00. The van der Waals surface area contributed by atoms with Crippen LogP contribution in [0.15, 0.2) is 6.20 Å². The first-order chi connectivity index (χ1) is 5.22. The lowest BCUT2D eigenvalue weighted by Gasteiger charge is -2.07. The lowest BCUT2D eigenvalue weighted by atomic mass is 10.3. The minimum atomic E-state index is 0.385. The molecule has 0 aliphatic heterocycles. The van der Waals surface area contributed by atoms with Crippen LogP contribution in [0, 0.1) is 0 Å². The molecule has 0 fully saturated rings. The summed E-state index contributed by atoms with van der Waals surface area (Å²) in [5, 5.41) is 10.6. The average Bonchev–Trinajstić information content (AvgIpc) is 2.35. The fourth-order valence-electron chi connectivity index (χ4n) is 0.774. The molecule has 1 aromatic rings. The number of likely N-dealkylation sites (N-methyl/N-ethyl adjacent to an activating group) is 1. The van der Waals surface area contributed by atoms with Crippen molar-refractivity contribution in [3.8, 4) is 0 Å². The Bertz CT molecular complexity index is 219. The highest BCUT2D eigenvalue weighted by atomic mass is 15.4. The maximum atomic E-state index is 5.38.